The lowest BCUT2D eigenvalue weighted by Crippen LogP contribution is -2.05. The quantitative estimate of drug-likeness (QED) is 0.891. The van der Waals surface area contributed by atoms with Gasteiger partial charge in [0.1, 0.15) is 6.10 Å². The van der Waals surface area contributed by atoms with Gasteiger partial charge in [0.15, 0.2) is 0 Å². The van der Waals surface area contributed by atoms with Crippen molar-refractivity contribution in [1.29, 1.82) is 0 Å². The molecule has 0 radical (unpaired) electrons. The summed E-state index contributed by atoms with van der Waals surface area (Å²) in [6, 6.07) is 9.52. The number of carbonyl (C=O) groups is 1. The molecule has 1 heterocycles. The van der Waals surface area contributed by atoms with Gasteiger partial charge in [-0.3, -0.25) is 4.79 Å². The van der Waals surface area contributed by atoms with Crippen molar-refractivity contribution in [2.45, 2.75) is 26.4 Å². The minimum absolute atomic E-state index is 0.0360. The maximum absolute atomic E-state index is 11.5. The molecule has 21 heavy (non-hydrogen) atoms. The van der Waals surface area contributed by atoms with Crippen LogP contribution in [-0.2, 0) is 11.2 Å². The van der Waals surface area contributed by atoms with Gasteiger partial charge in [0.2, 0.25) is 5.91 Å². The van der Waals surface area contributed by atoms with Crippen molar-refractivity contribution in [2.24, 2.45) is 0 Å². The average Bonchev–Trinajstić information content (AvgIpc) is 2.84. The normalized spacial score (nSPS) is 14.8. The van der Waals surface area contributed by atoms with Crippen LogP contribution in [0.15, 0.2) is 30.3 Å². The average molecular weight is 302 g/mol. The number of aliphatic hydroxyl groups is 1. The molecule has 0 fully saturated rings. The minimum Gasteiger partial charge on any atom is -0.384 e. The molecule has 3 rings (SSSR count). The van der Waals surface area contributed by atoms with Crippen LogP contribution in [0.1, 0.15) is 33.9 Å². The fourth-order valence-electron chi connectivity index (χ4n) is 2.69. The summed E-state index contributed by atoms with van der Waals surface area (Å²) < 4.78 is 0. The molecule has 1 aliphatic rings. The Labute approximate surface area is 128 Å². The van der Waals surface area contributed by atoms with E-state index in [1.54, 1.807) is 0 Å². The van der Waals surface area contributed by atoms with Crippen molar-refractivity contribution >= 4 is 23.2 Å². The molecule has 0 saturated carbocycles. The number of nitrogens with one attached hydrogen (secondary N) is 1. The number of benzene rings is 2. The molecule has 0 bridgehead atoms. The number of carbonyl (C=O) groups excluding carboxylic acids is 1. The molecular weight excluding hydrogens is 286 g/mol. The highest BCUT2D eigenvalue weighted by atomic mass is 35.5. The van der Waals surface area contributed by atoms with E-state index in [-0.39, 0.29) is 5.91 Å². The van der Waals surface area contributed by atoms with Gasteiger partial charge in [-0.2, -0.15) is 0 Å². The van der Waals surface area contributed by atoms with E-state index in [1.165, 1.54) is 0 Å². The largest absolute Gasteiger partial charge is 0.384 e. The van der Waals surface area contributed by atoms with E-state index in [2.05, 4.69) is 5.32 Å². The number of fused-ring (bicyclic) bond motifs is 1. The molecule has 2 aromatic rings. The van der Waals surface area contributed by atoms with Gasteiger partial charge < -0.3 is 10.4 Å². The van der Waals surface area contributed by atoms with E-state index in [1.807, 2.05) is 44.2 Å². The number of anilines is 1. The standard InChI is InChI=1S/C17H16ClNO2/c1-9-3-5-11(6-4-9)17(21)13-7-12-8-14(20)19-16(12)10(2)15(13)18/h3-7,17,21H,8H2,1-2H3,(H,19,20). The predicted molar refractivity (Wildman–Crippen MR) is 83.8 cm³/mol. The SMILES string of the molecule is Cc1ccc(C(O)c2cc3c(c(C)c2Cl)NC(=O)C3)cc1. The Kier molecular flexibility index (Phi) is 3.47. The maximum atomic E-state index is 11.5. The fourth-order valence-corrected chi connectivity index (χ4v) is 2.94. The molecule has 2 N–H and O–H groups in total. The summed E-state index contributed by atoms with van der Waals surface area (Å²) in [5.74, 6) is -0.0360. The number of amides is 1. The zero-order valence-electron chi connectivity index (χ0n) is 11.9. The Morgan fingerprint density at radius 2 is 1.90 bits per heavy atom. The van der Waals surface area contributed by atoms with Crippen molar-refractivity contribution in [3.8, 4) is 0 Å². The fraction of sp³-hybridized carbons (Fsp3) is 0.235. The number of hydrogen-bond donors (Lipinski definition) is 2. The summed E-state index contributed by atoms with van der Waals surface area (Å²) in [6.07, 6.45) is -0.459. The molecule has 0 spiro atoms. The lowest BCUT2D eigenvalue weighted by molar-refractivity contribution is -0.115. The zero-order chi connectivity index (χ0) is 15.1. The van der Waals surface area contributed by atoms with E-state index < -0.39 is 6.10 Å². The van der Waals surface area contributed by atoms with Crippen LogP contribution in [-0.4, -0.2) is 11.0 Å². The second kappa shape index (κ2) is 5.17. The van der Waals surface area contributed by atoms with E-state index in [9.17, 15) is 9.90 Å². The summed E-state index contributed by atoms with van der Waals surface area (Å²) in [5, 5.41) is 13.9. The Hall–Kier alpha value is -1.84. The Bertz CT molecular complexity index is 723. The molecule has 0 aliphatic carbocycles. The third-order valence-electron chi connectivity index (χ3n) is 3.91. The Morgan fingerprint density at radius 1 is 1.24 bits per heavy atom. The predicted octanol–water partition coefficient (Wildman–Crippen LogP) is 3.53. The topological polar surface area (TPSA) is 49.3 Å². The summed E-state index contributed by atoms with van der Waals surface area (Å²) in [7, 11) is 0. The second-order valence-electron chi connectivity index (χ2n) is 5.48. The van der Waals surface area contributed by atoms with Crippen molar-refractivity contribution in [1.82, 2.24) is 0 Å². The van der Waals surface area contributed by atoms with Gasteiger partial charge >= 0.3 is 0 Å². The monoisotopic (exact) mass is 301 g/mol. The van der Waals surface area contributed by atoms with E-state index in [0.717, 1.165) is 27.9 Å². The van der Waals surface area contributed by atoms with Crippen LogP contribution < -0.4 is 5.32 Å². The first kappa shape index (κ1) is 14.1. The van der Waals surface area contributed by atoms with Gasteiger partial charge in [-0.25, -0.2) is 0 Å². The lowest BCUT2D eigenvalue weighted by atomic mass is 9.95. The minimum atomic E-state index is -0.794. The van der Waals surface area contributed by atoms with Crippen LogP contribution in [0.2, 0.25) is 5.02 Å². The Balaban J connectivity index is 2.07. The third kappa shape index (κ3) is 2.43. The number of halogens is 1. The van der Waals surface area contributed by atoms with Crippen LogP contribution >= 0.6 is 11.6 Å². The first-order chi connectivity index (χ1) is 9.97. The summed E-state index contributed by atoms with van der Waals surface area (Å²) in [6.45, 7) is 3.86. The molecule has 4 heteroatoms. The summed E-state index contributed by atoms with van der Waals surface area (Å²) in [4.78, 5) is 11.5. The van der Waals surface area contributed by atoms with Gasteiger partial charge in [0.25, 0.3) is 0 Å². The summed E-state index contributed by atoms with van der Waals surface area (Å²) >= 11 is 6.39. The van der Waals surface area contributed by atoms with Crippen LogP contribution in [0.5, 0.6) is 0 Å². The third-order valence-corrected chi connectivity index (χ3v) is 4.41. The van der Waals surface area contributed by atoms with Crippen molar-refractivity contribution in [3.63, 3.8) is 0 Å². The smallest absolute Gasteiger partial charge is 0.228 e. The molecule has 1 amide bonds. The van der Waals surface area contributed by atoms with Crippen LogP contribution in [0.25, 0.3) is 0 Å². The second-order valence-corrected chi connectivity index (χ2v) is 5.86. The number of aryl methyl sites for hydroxylation is 1. The molecule has 0 saturated heterocycles. The number of hydrogen-bond acceptors (Lipinski definition) is 2. The van der Waals surface area contributed by atoms with Crippen molar-refractivity contribution in [3.05, 3.63) is 63.2 Å². The highest BCUT2D eigenvalue weighted by Gasteiger charge is 2.25. The molecule has 2 aromatic carbocycles. The van der Waals surface area contributed by atoms with Gasteiger partial charge in [0, 0.05) is 11.3 Å². The van der Waals surface area contributed by atoms with Gasteiger partial charge in [0.05, 0.1) is 11.4 Å². The number of aliphatic hydroxyl groups excluding tert-OH is 1. The first-order valence-electron chi connectivity index (χ1n) is 6.83. The van der Waals surface area contributed by atoms with Crippen LogP contribution in [0.4, 0.5) is 5.69 Å². The van der Waals surface area contributed by atoms with Crippen molar-refractivity contribution < 1.29 is 9.90 Å². The highest BCUT2D eigenvalue weighted by Crippen LogP contribution is 2.38. The molecule has 108 valence electrons. The lowest BCUT2D eigenvalue weighted by Gasteiger charge is -2.17. The molecule has 3 nitrogen and oxygen atoms in total. The van der Waals surface area contributed by atoms with Crippen molar-refractivity contribution in [2.75, 3.05) is 5.32 Å². The van der Waals surface area contributed by atoms with Gasteiger partial charge in [-0.05, 0) is 36.6 Å². The van der Waals surface area contributed by atoms with Crippen LogP contribution in [0, 0.1) is 13.8 Å². The van der Waals surface area contributed by atoms with Gasteiger partial charge in [-0.15, -0.1) is 0 Å². The van der Waals surface area contributed by atoms with E-state index in [4.69, 9.17) is 11.6 Å². The van der Waals surface area contributed by atoms with Gasteiger partial charge in [-0.1, -0.05) is 41.4 Å². The van der Waals surface area contributed by atoms with Crippen LogP contribution in [0.3, 0.4) is 0 Å². The molecular formula is C17H16ClNO2. The number of rotatable bonds is 2. The summed E-state index contributed by atoms with van der Waals surface area (Å²) in [5.41, 5.74) is 5.05. The molecule has 1 aliphatic heterocycles. The highest BCUT2D eigenvalue weighted by molar-refractivity contribution is 6.33. The van der Waals surface area contributed by atoms with E-state index >= 15 is 0 Å². The molecule has 1 atom stereocenters. The molecule has 1 unspecified atom stereocenters. The zero-order valence-corrected chi connectivity index (χ0v) is 12.7. The maximum Gasteiger partial charge on any atom is 0.228 e. The first-order valence-corrected chi connectivity index (χ1v) is 7.21. The Morgan fingerprint density at radius 3 is 2.57 bits per heavy atom. The van der Waals surface area contributed by atoms with E-state index in [0.29, 0.717) is 17.0 Å². The molecule has 0 aromatic heterocycles.